The Morgan fingerprint density at radius 3 is 2.12 bits per heavy atom. The maximum Gasteiger partial charge on any atom is 0.257 e. The number of hydrogen-bond donors (Lipinski definition) is 0. The fourth-order valence-electron chi connectivity index (χ4n) is 4.92. The van der Waals surface area contributed by atoms with E-state index >= 15 is 0 Å². The third-order valence-electron chi connectivity index (χ3n) is 7.07. The Hall–Kier alpha value is -2.32. The van der Waals surface area contributed by atoms with Crippen LogP contribution in [0, 0.1) is 27.7 Å². The molecule has 174 valence electrons. The first kappa shape index (κ1) is 22.9. The van der Waals surface area contributed by atoms with Crippen molar-refractivity contribution in [3.63, 3.8) is 0 Å². The molecule has 1 aromatic heterocycles. The third kappa shape index (κ3) is 3.83. The van der Waals surface area contributed by atoms with Crippen molar-refractivity contribution in [2.45, 2.75) is 45.4 Å². The number of likely N-dealkylation sites (tertiary alicyclic amines) is 1. The van der Waals surface area contributed by atoms with Crippen LogP contribution in [0.4, 0.5) is 5.69 Å². The van der Waals surface area contributed by atoms with Gasteiger partial charge in [0.05, 0.1) is 5.56 Å². The van der Waals surface area contributed by atoms with E-state index < -0.39 is 10.0 Å². The number of sulfonamides is 1. The third-order valence-corrected chi connectivity index (χ3v) is 9.13. The number of carbonyl (C=O) groups is 1. The van der Waals surface area contributed by atoms with E-state index in [-0.39, 0.29) is 10.8 Å². The Morgan fingerprint density at radius 1 is 0.875 bits per heavy atom. The van der Waals surface area contributed by atoms with Gasteiger partial charge >= 0.3 is 0 Å². The van der Waals surface area contributed by atoms with Gasteiger partial charge in [-0.05, 0) is 57.7 Å². The normalized spacial score (nSPS) is 17.9. The van der Waals surface area contributed by atoms with Crippen LogP contribution in [0.5, 0.6) is 0 Å². The van der Waals surface area contributed by atoms with E-state index in [1.165, 1.54) is 16.8 Å². The number of hydrogen-bond acceptors (Lipinski definition) is 4. The SMILES string of the molecule is Cc1ccc(C)c(N2CCN(S(=O)(=O)c3c(C(=O)N4CCCC4)c(C)n(C)c3C)CC2)c1. The molecular formula is C24H34N4O3S. The van der Waals surface area contributed by atoms with Gasteiger partial charge in [-0.3, -0.25) is 4.79 Å². The van der Waals surface area contributed by atoms with E-state index in [1.807, 2.05) is 18.5 Å². The Morgan fingerprint density at radius 2 is 1.50 bits per heavy atom. The fourth-order valence-corrected chi connectivity index (χ4v) is 6.83. The molecule has 2 aliphatic rings. The highest BCUT2D eigenvalue weighted by Crippen LogP contribution is 2.32. The quantitative estimate of drug-likeness (QED) is 0.707. The Labute approximate surface area is 191 Å². The van der Waals surface area contributed by atoms with Crippen molar-refractivity contribution in [3.05, 3.63) is 46.3 Å². The first-order valence-electron chi connectivity index (χ1n) is 11.4. The first-order chi connectivity index (χ1) is 15.1. The van der Waals surface area contributed by atoms with Crippen LogP contribution in [0.25, 0.3) is 0 Å². The van der Waals surface area contributed by atoms with Gasteiger partial charge < -0.3 is 14.4 Å². The molecule has 0 N–H and O–H groups in total. The van der Waals surface area contributed by atoms with Crippen molar-refractivity contribution < 1.29 is 13.2 Å². The zero-order valence-corrected chi connectivity index (χ0v) is 20.6. The van der Waals surface area contributed by atoms with E-state index in [1.54, 1.807) is 16.1 Å². The highest BCUT2D eigenvalue weighted by Gasteiger charge is 2.38. The molecule has 0 aliphatic carbocycles. The summed E-state index contributed by atoms with van der Waals surface area (Å²) in [5, 5.41) is 0. The molecule has 2 aliphatic heterocycles. The topological polar surface area (TPSA) is 65.9 Å². The van der Waals surface area contributed by atoms with E-state index in [0.29, 0.717) is 56.2 Å². The molecule has 0 atom stereocenters. The van der Waals surface area contributed by atoms with E-state index in [0.717, 1.165) is 12.8 Å². The van der Waals surface area contributed by atoms with Gasteiger partial charge in [-0.1, -0.05) is 12.1 Å². The highest BCUT2D eigenvalue weighted by atomic mass is 32.2. The average Bonchev–Trinajstić information content (AvgIpc) is 3.39. The lowest BCUT2D eigenvalue weighted by Gasteiger charge is -2.36. The molecule has 0 saturated carbocycles. The lowest BCUT2D eigenvalue weighted by molar-refractivity contribution is 0.0788. The highest BCUT2D eigenvalue weighted by molar-refractivity contribution is 7.89. The van der Waals surface area contributed by atoms with Crippen molar-refractivity contribution in [3.8, 4) is 0 Å². The van der Waals surface area contributed by atoms with Crippen LogP contribution in [-0.2, 0) is 17.1 Å². The molecule has 32 heavy (non-hydrogen) atoms. The van der Waals surface area contributed by atoms with Crippen LogP contribution >= 0.6 is 0 Å². The Balaban J connectivity index is 1.63. The lowest BCUT2D eigenvalue weighted by atomic mass is 10.1. The Bertz CT molecular complexity index is 1140. The molecule has 0 radical (unpaired) electrons. The minimum absolute atomic E-state index is 0.156. The second-order valence-corrected chi connectivity index (χ2v) is 11.0. The van der Waals surface area contributed by atoms with Gasteiger partial charge in [-0.2, -0.15) is 4.31 Å². The van der Waals surface area contributed by atoms with Crippen LogP contribution in [0.2, 0.25) is 0 Å². The van der Waals surface area contributed by atoms with Crippen LogP contribution < -0.4 is 4.90 Å². The van der Waals surface area contributed by atoms with Gasteiger partial charge in [0, 0.05) is 63.4 Å². The van der Waals surface area contributed by atoms with Crippen molar-refractivity contribution in [1.82, 2.24) is 13.8 Å². The average molecular weight is 459 g/mol. The van der Waals surface area contributed by atoms with Crippen molar-refractivity contribution >= 4 is 21.6 Å². The smallest absolute Gasteiger partial charge is 0.257 e. The number of nitrogens with zero attached hydrogens (tertiary/aromatic N) is 4. The summed E-state index contributed by atoms with van der Waals surface area (Å²) in [7, 11) is -1.95. The number of piperazine rings is 1. The summed E-state index contributed by atoms with van der Waals surface area (Å²) in [5.41, 5.74) is 5.25. The monoisotopic (exact) mass is 458 g/mol. The molecule has 8 heteroatoms. The number of benzene rings is 1. The van der Waals surface area contributed by atoms with Crippen LogP contribution in [0.3, 0.4) is 0 Å². The van der Waals surface area contributed by atoms with Gasteiger partial charge in [0.15, 0.2) is 0 Å². The standard InChI is InChI=1S/C24H34N4O3S/c1-17-8-9-18(2)21(16-17)26-12-14-28(15-13-26)32(30,31)23-20(4)25(5)19(3)22(23)24(29)27-10-6-7-11-27/h8-9,16H,6-7,10-15H2,1-5H3. The van der Waals surface area contributed by atoms with Crippen molar-refractivity contribution in [1.29, 1.82) is 0 Å². The number of rotatable bonds is 4. The Kier molecular flexibility index (Phi) is 6.11. The largest absolute Gasteiger partial charge is 0.369 e. The van der Waals surface area contributed by atoms with E-state index in [4.69, 9.17) is 0 Å². The predicted molar refractivity (Wildman–Crippen MR) is 127 cm³/mol. The molecule has 0 bridgehead atoms. The molecule has 1 amide bonds. The predicted octanol–water partition coefficient (Wildman–Crippen LogP) is 3.01. The molecule has 0 spiro atoms. The summed E-state index contributed by atoms with van der Waals surface area (Å²) in [6.45, 7) is 11.3. The number of anilines is 1. The first-order valence-corrected chi connectivity index (χ1v) is 12.8. The van der Waals surface area contributed by atoms with E-state index in [2.05, 4.69) is 36.9 Å². The second-order valence-electron chi connectivity index (χ2n) is 9.11. The number of amides is 1. The lowest BCUT2D eigenvalue weighted by Crippen LogP contribution is -2.49. The maximum absolute atomic E-state index is 13.8. The van der Waals surface area contributed by atoms with Gasteiger partial charge in [0.1, 0.15) is 4.90 Å². The number of carbonyl (C=O) groups excluding carboxylic acids is 1. The summed E-state index contributed by atoms with van der Waals surface area (Å²) in [6, 6.07) is 6.37. The molecule has 2 aromatic rings. The number of aromatic nitrogens is 1. The van der Waals surface area contributed by atoms with Crippen LogP contribution in [-0.4, -0.2) is 67.4 Å². The molecule has 1 aromatic carbocycles. The zero-order chi connectivity index (χ0) is 23.2. The summed E-state index contributed by atoms with van der Waals surface area (Å²) >= 11 is 0. The fraction of sp³-hybridized carbons (Fsp3) is 0.542. The van der Waals surface area contributed by atoms with Crippen LogP contribution in [0.15, 0.2) is 23.1 Å². The summed E-state index contributed by atoms with van der Waals surface area (Å²) in [6.07, 6.45) is 1.94. The molecule has 2 fully saturated rings. The van der Waals surface area contributed by atoms with Gasteiger partial charge in [-0.25, -0.2) is 8.42 Å². The van der Waals surface area contributed by atoms with Crippen molar-refractivity contribution in [2.24, 2.45) is 7.05 Å². The minimum atomic E-state index is -3.79. The summed E-state index contributed by atoms with van der Waals surface area (Å²) < 4.78 is 31.0. The second kappa shape index (κ2) is 8.56. The van der Waals surface area contributed by atoms with Crippen molar-refractivity contribution in [2.75, 3.05) is 44.2 Å². The van der Waals surface area contributed by atoms with E-state index in [9.17, 15) is 13.2 Å². The molecule has 2 saturated heterocycles. The summed E-state index contributed by atoms with van der Waals surface area (Å²) in [5.74, 6) is -0.156. The maximum atomic E-state index is 13.8. The molecule has 4 rings (SSSR count). The van der Waals surface area contributed by atoms with Gasteiger partial charge in [0.25, 0.3) is 5.91 Å². The summed E-state index contributed by atoms with van der Waals surface area (Å²) in [4.78, 5) is 17.5. The molecular weight excluding hydrogens is 424 g/mol. The van der Waals surface area contributed by atoms with Crippen LogP contribution in [0.1, 0.15) is 45.7 Å². The molecule has 0 unspecified atom stereocenters. The molecule has 7 nitrogen and oxygen atoms in total. The number of aryl methyl sites for hydroxylation is 2. The minimum Gasteiger partial charge on any atom is -0.369 e. The zero-order valence-electron chi connectivity index (χ0n) is 19.8. The molecule has 3 heterocycles. The van der Waals surface area contributed by atoms with Gasteiger partial charge in [-0.15, -0.1) is 0 Å². The van der Waals surface area contributed by atoms with Gasteiger partial charge in [0.2, 0.25) is 10.0 Å².